The highest BCUT2D eigenvalue weighted by molar-refractivity contribution is 5.86. The van der Waals surface area contributed by atoms with Crippen LogP contribution in [0.2, 0.25) is 0 Å². The van der Waals surface area contributed by atoms with Crippen molar-refractivity contribution in [1.29, 1.82) is 0 Å². The van der Waals surface area contributed by atoms with Crippen LogP contribution in [-0.4, -0.2) is 12.0 Å². The summed E-state index contributed by atoms with van der Waals surface area (Å²) in [6, 6.07) is 0.956. The van der Waals surface area contributed by atoms with Gasteiger partial charge in [0.25, 0.3) is 0 Å². The molecule has 1 aromatic carbocycles. The second-order valence-corrected chi connectivity index (χ2v) is 3.40. The van der Waals surface area contributed by atoms with Crippen LogP contribution in [0.15, 0.2) is 18.2 Å². The van der Waals surface area contributed by atoms with Gasteiger partial charge < -0.3 is 0 Å². The van der Waals surface area contributed by atoms with Gasteiger partial charge in [-0.05, 0) is 23.8 Å². The molecule has 0 spiro atoms. The molecule has 0 heterocycles. The molecule has 0 saturated carbocycles. The topological polar surface area (TPSA) is 17.1 Å². The molecule has 1 rings (SSSR count). The van der Waals surface area contributed by atoms with Crippen LogP contribution < -0.4 is 0 Å². The van der Waals surface area contributed by atoms with Crippen LogP contribution >= 0.6 is 0 Å². The van der Waals surface area contributed by atoms with Gasteiger partial charge in [-0.15, -0.1) is 0 Å². The maximum absolute atomic E-state index is 13.0. The first-order chi connectivity index (χ1) is 8.01. The quantitative estimate of drug-likeness (QED) is 0.754. The molecule has 8 heteroatoms. The summed E-state index contributed by atoms with van der Waals surface area (Å²) >= 11 is 0. The summed E-state index contributed by atoms with van der Waals surface area (Å²) in [6.45, 7) is 0. The molecule has 0 unspecified atom stereocenters. The van der Waals surface area contributed by atoms with Gasteiger partial charge in [0.15, 0.2) is 0 Å². The summed E-state index contributed by atoms with van der Waals surface area (Å²) in [4.78, 5) is 10.6. The molecular formula is C10H5F7O. The van der Waals surface area contributed by atoms with Crippen molar-refractivity contribution in [3.63, 3.8) is 0 Å². The van der Waals surface area contributed by atoms with Gasteiger partial charge in [-0.2, -0.15) is 26.3 Å². The molecule has 0 aliphatic carbocycles. The molecular weight excluding hydrogens is 269 g/mol. The Bertz CT molecular complexity index is 458. The number of hydrogen-bond donors (Lipinski definition) is 0. The van der Waals surface area contributed by atoms with Crippen molar-refractivity contribution in [2.45, 2.75) is 18.8 Å². The zero-order valence-electron chi connectivity index (χ0n) is 8.49. The fraction of sp³-hybridized carbons (Fsp3) is 0.300. The van der Waals surface area contributed by atoms with Crippen molar-refractivity contribution < 1.29 is 35.5 Å². The van der Waals surface area contributed by atoms with Crippen LogP contribution in [0.3, 0.4) is 0 Å². The number of ketones is 1. The Labute approximate surface area is 96.2 Å². The van der Waals surface area contributed by atoms with Crippen LogP contribution in [0.25, 0.3) is 0 Å². The van der Waals surface area contributed by atoms with E-state index in [9.17, 15) is 35.5 Å². The zero-order chi connectivity index (χ0) is 14.1. The summed E-state index contributed by atoms with van der Waals surface area (Å²) in [6.07, 6.45) is -11.5. The van der Waals surface area contributed by atoms with Crippen LogP contribution in [0.5, 0.6) is 0 Å². The average Bonchev–Trinajstić information content (AvgIpc) is 2.18. The second-order valence-electron chi connectivity index (χ2n) is 3.40. The number of rotatable bonds is 2. The molecule has 0 bridgehead atoms. The summed E-state index contributed by atoms with van der Waals surface area (Å²) in [5.41, 5.74) is -2.25. The van der Waals surface area contributed by atoms with E-state index in [0.29, 0.717) is 12.1 Å². The molecule has 0 radical (unpaired) electrons. The van der Waals surface area contributed by atoms with Gasteiger partial charge >= 0.3 is 12.4 Å². The highest BCUT2D eigenvalue weighted by atomic mass is 19.4. The molecule has 0 atom stereocenters. The smallest absolute Gasteiger partial charge is 0.289 e. The van der Waals surface area contributed by atoms with E-state index in [0.717, 1.165) is 0 Å². The number of benzene rings is 1. The minimum Gasteiger partial charge on any atom is -0.289 e. The van der Waals surface area contributed by atoms with E-state index < -0.39 is 41.5 Å². The third-order valence-corrected chi connectivity index (χ3v) is 2.04. The van der Waals surface area contributed by atoms with Crippen LogP contribution in [0.4, 0.5) is 30.7 Å². The summed E-state index contributed by atoms with van der Waals surface area (Å²) in [5, 5.41) is 0. The van der Waals surface area contributed by atoms with Crippen molar-refractivity contribution in [3.05, 3.63) is 35.1 Å². The van der Waals surface area contributed by atoms with Gasteiger partial charge in [-0.25, -0.2) is 4.39 Å². The van der Waals surface area contributed by atoms with Gasteiger partial charge in [0.2, 0.25) is 5.78 Å². The lowest BCUT2D eigenvalue weighted by Gasteiger charge is -2.10. The van der Waals surface area contributed by atoms with Crippen molar-refractivity contribution in [2.75, 3.05) is 0 Å². The molecule has 0 aromatic heterocycles. The first kappa shape index (κ1) is 14.5. The second kappa shape index (κ2) is 4.58. The van der Waals surface area contributed by atoms with E-state index in [4.69, 9.17) is 0 Å². The molecule has 1 aromatic rings. The van der Waals surface area contributed by atoms with Crippen LogP contribution in [-0.2, 0) is 17.4 Å². The Morgan fingerprint density at radius 1 is 1.06 bits per heavy atom. The minimum atomic E-state index is -5.21. The average molecular weight is 274 g/mol. The number of Topliss-reactive ketones (excluding diaryl/α,β-unsaturated/α-hetero) is 1. The van der Waals surface area contributed by atoms with E-state index in [2.05, 4.69) is 0 Å². The normalized spacial score (nSPS) is 12.6. The molecule has 18 heavy (non-hydrogen) atoms. The number of halogens is 7. The lowest BCUT2D eigenvalue weighted by molar-refractivity contribution is -0.170. The van der Waals surface area contributed by atoms with Crippen LogP contribution in [0, 0.1) is 5.82 Å². The van der Waals surface area contributed by atoms with Crippen molar-refractivity contribution >= 4 is 5.78 Å². The lowest BCUT2D eigenvalue weighted by Crippen LogP contribution is -2.25. The van der Waals surface area contributed by atoms with Crippen molar-refractivity contribution in [1.82, 2.24) is 0 Å². The zero-order valence-corrected chi connectivity index (χ0v) is 8.49. The molecule has 0 fully saturated rings. The SMILES string of the molecule is O=C(Cc1cc(C(F)(F)F)ccc1F)C(F)(F)F. The van der Waals surface area contributed by atoms with Gasteiger partial charge in [0.05, 0.1) is 5.56 Å². The summed E-state index contributed by atoms with van der Waals surface area (Å²) in [7, 11) is 0. The molecule has 0 saturated heterocycles. The fourth-order valence-electron chi connectivity index (χ4n) is 1.16. The monoisotopic (exact) mass is 274 g/mol. The first-order valence-electron chi connectivity index (χ1n) is 4.47. The summed E-state index contributed by atoms with van der Waals surface area (Å²) < 4.78 is 85.5. The van der Waals surface area contributed by atoms with E-state index in [1.54, 1.807) is 0 Å². The number of carbonyl (C=O) groups excluding carboxylic acids is 1. The Morgan fingerprint density at radius 2 is 1.61 bits per heavy atom. The van der Waals surface area contributed by atoms with Gasteiger partial charge in [0, 0.05) is 6.42 Å². The van der Waals surface area contributed by atoms with E-state index in [1.807, 2.05) is 0 Å². The molecule has 100 valence electrons. The predicted molar refractivity (Wildman–Crippen MR) is 46.2 cm³/mol. The molecule has 0 aliphatic heterocycles. The lowest BCUT2D eigenvalue weighted by atomic mass is 10.0. The van der Waals surface area contributed by atoms with Crippen molar-refractivity contribution in [3.8, 4) is 0 Å². The Morgan fingerprint density at radius 3 is 2.06 bits per heavy atom. The van der Waals surface area contributed by atoms with E-state index >= 15 is 0 Å². The molecule has 0 aliphatic rings. The molecule has 0 N–H and O–H groups in total. The Hall–Kier alpha value is -1.60. The van der Waals surface area contributed by atoms with Gasteiger partial charge in [-0.1, -0.05) is 0 Å². The maximum Gasteiger partial charge on any atom is 0.450 e. The highest BCUT2D eigenvalue weighted by Crippen LogP contribution is 2.31. The maximum atomic E-state index is 13.0. The highest BCUT2D eigenvalue weighted by Gasteiger charge is 2.39. The Balaban J connectivity index is 3.06. The third kappa shape index (κ3) is 3.44. The molecule has 1 nitrogen and oxygen atoms in total. The number of hydrogen-bond acceptors (Lipinski definition) is 1. The third-order valence-electron chi connectivity index (χ3n) is 2.04. The number of alkyl halides is 6. The largest absolute Gasteiger partial charge is 0.450 e. The van der Waals surface area contributed by atoms with Gasteiger partial charge in [-0.3, -0.25) is 4.79 Å². The summed E-state index contributed by atoms with van der Waals surface area (Å²) in [5.74, 6) is -3.60. The fourth-order valence-corrected chi connectivity index (χ4v) is 1.16. The standard InChI is InChI=1S/C10H5F7O/c11-7-2-1-6(9(12,13)14)3-5(7)4-8(18)10(15,16)17/h1-3H,4H2. The van der Waals surface area contributed by atoms with Gasteiger partial charge in [0.1, 0.15) is 5.82 Å². The number of carbonyl (C=O) groups is 1. The molecule has 0 amide bonds. The van der Waals surface area contributed by atoms with Crippen molar-refractivity contribution in [2.24, 2.45) is 0 Å². The Kier molecular flexibility index (Phi) is 3.68. The van der Waals surface area contributed by atoms with E-state index in [-0.39, 0.29) is 6.07 Å². The first-order valence-corrected chi connectivity index (χ1v) is 4.47. The van der Waals surface area contributed by atoms with Crippen LogP contribution in [0.1, 0.15) is 11.1 Å². The predicted octanol–water partition coefficient (Wildman–Crippen LogP) is 3.52. The van der Waals surface area contributed by atoms with E-state index in [1.165, 1.54) is 0 Å². The minimum absolute atomic E-state index is 0.193.